The molecule has 0 fully saturated rings. The van der Waals surface area contributed by atoms with E-state index in [0.717, 1.165) is 17.2 Å². The molecule has 130 valence electrons. The van der Waals surface area contributed by atoms with Gasteiger partial charge in [-0.05, 0) is 17.2 Å². The van der Waals surface area contributed by atoms with E-state index in [4.69, 9.17) is 9.90 Å². The van der Waals surface area contributed by atoms with Crippen LogP contribution in [0.2, 0.25) is 0 Å². The fourth-order valence-corrected chi connectivity index (χ4v) is 2.20. The number of hydrogen-bond donors (Lipinski definition) is 2. The van der Waals surface area contributed by atoms with E-state index in [2.05, 4.69) is 14.9 Å². The Morgan fingerprint density at radius 1 is 1.08 bits per heavy atom. The molecular weight excluding hydrogens is 337 g/mol. The zero-order valence-corrected chi connectivity index (χ0v) is 12.7. The summed E-state index contributed by atoms with van der Waals surface area (Å²) >= 11 is 0. The molecule has 0 radical (unpaired) electrons. The van der Waals surface area contributed by atoms with Crippen LogP contribution >= 0.6 is 0 Å². The van der Waals surface area contributed by atoms with E-state index >= 15 is 0 Å². The van der Waals surface area contributed by atoms with E-state index in [1.165, 1.54) is 12.1 Å². The first-order valence-corrected chi connectivity index (χ1v) is 6.97. The molecule has 3 aromatic rings. The maximum atomic E-state index is 13.7. The van der Waals surface area contributed by atoms with Gasteiger partial charge in [-0.3, -0.25) is 9.89 Å². The molecule has 0 bridgehead atoms. The number of alkyl halides is 2. The molecule has 5 nitrogen and oxygen atoms in total. The van der Waals surface area contributed by atoms with E-state index in [0.29, 0.717) is 5.56 Å². The Hall–Kier alpha value is -3.29. The molecule has 0 amide bonds. The van der Waals surface area contributed by atoms with Crippen molar-refractivity contribution in [2.45, 2.75) is 6.61 Å². The van der Waals surface area contributed by atoms with Gasteiger partial charge in [-0.2, -0.15) is 13.9 Å². The van der Waals surface area contributed by atoms with Crippen LogP contribution < -0.4 is 4.74 Å². The number of aromatic nitrogens is 2. The minimum atomic E-state index is -3.08. The van der Waals surface area contributed by atoms with Gasteiger partial charge in [0.05, 0.1) is 6.20 Å². The fourth-order valence-electron chi connectivity index (χ4n) is 2.20. The van der Waals surface area contributed by atoms with Crippen molar-refractivity contribution in [1.82, 2.24) is 10.2 Å². The van der Waals surface area contributed by atoms with Crippen molar-refractivity contribution in [1.29, 1.82) is 0 Å². The second-order valence-electron chi connectivity index (χ2n) is 4.66. The molecule has 0 saturated heterocycles. The van der Waals surface area contributed by atoms with Crippen molar-refractivity contribution in [2.75, 3.05) is 0 Å². The van der Waals surface area contributed by atoms with E-state index in [9.17, 15) is 13.2 Å². The third-order valence-corrected chi connectivity index (χ3v) is 3.20. The second kappa shape index (κ2) is 8.53. The first-order valence-electron chi connectivity index (χ1n) is 6.97. The van der Waals surface area contributed by atoms with E-state index < -0.39 is 18.2 Å². The molecule has 0 saturated carbocycles. The molecule has 2 aromatic carbocycles. The largest absolute Gasteiger partial charge is 0.483 e. The summed E-state index contributed by atoms with van der Waals surface area (Å²) in [5.41, 5.74) is 2.67. The SMILES string of the molecule is Fc1cccc(-c2ccc(-c3cn[nH]c3)cc2)c1OC(F)F.O=CO. The third-order valence-electron chi connectivity index (χ3n) is 3.20. The Morgan fingerprint density at radius 2 is 1.72 bits per heavy atom. The van der Waals surface area contributed by atoms with Gasteiger partial charge in [0.25, 0.3) is 6.47 Å². The Balaban J connectivity index is 0.000000701. The number of nitrogens with zero attached hydrogens (tertiary/aromatic N) is 1. The van der Waals surface area contributed by atoms with Gasteiger partial charge in [0.1, 0.15) is 0 Å². The lowest BCUT2D eigenvalue weighted by Gasteiger charge is -2.12. The normalized spacial score (nSPS) is 10.1. The first-order chi connectivity index (χ1) is 12.1. The lowest BCUT2D eigenvalue weighted by molar-refractivity contribution is -0.122. The predicted molar refractivity (Wildman–Crippen MR) is 84.7 cm³/mol. The number of aromatic amines is 1. The number of carbonyl (C=O) groups is 1. The zero-order chi connectivity index (χ0) is 18.2. The quantitative estimate of drug-likeness (QED) is 0.692. The predicted octanol–water partition coefficient (Wildman–Crippen LogP) is 4.19. The fraction of sp³-hybridized carbons (Fsp3) is 0.0588. The van der Waals surface area contributed by atoms with E-state index in [1.54, 1.807) is 36.7 Å². The summed E-state index contributed by atoms with van der Waals surface area (Å²) in [6.45, 7) is -3.33. The summed E-state index contributed by atoms with van der Waals surface area (Å²) in [5, 5.41) is 13.5. The van der Waals surface area contributed by atoms with Crippen LogP contribution in [0.3, 0.4) is 0 Å². The van der Waals surface area contributed by atoms with Gasteiger partial charge in [0.15, 0.2) is 11.6 Å². The minimum absolute atomic E-state index is 0.250. The van der Waals surface area contributed by atoms with E-state index in [-0.39, 0.29) is 12.0 Å². The number of para-hydroxylation sites is 1. The first kappa shape index (κ1) is 18.1. The van der Waals surface area contributed by atoms with Gasteiger partial charge in [-0.1, -0.05) is 36.4 Å². The highest BCUT2D eigenvalue weighted by molar-refractivity contribution is 5.74. The topological polar surface area (TPSA) is 75.2 Å². The summed E-state index contributed by atoms with van der Waals surface area (Å²) in [4.78, 5) is 8.36. The maximum absolute atomic E-state index is 13.7. The lowest BCUT2D eigenvalue weighted by Crippen LogP contribution is -2.05. The van der Waals surface area contributed by atoms with Crippen LogP contribution in [0.25, 0.3) is 22.3 Å². The number of nitrogens with one attached hydrogen (secondary N) is 1. The number of halogens is 3. The van der Waals surface area contributed by atoms with Crippen LogP contribution in [0.5, 0.6) is 5.75 Å². The number of carboxylic acid groups (broad SMARTS) is 1. The van der Waals surface area contributed by atoms with Crippen molar-refractivity contribution in [3.8, 4) is 28.0 Å². The molecule has 0 aliphatic rings. The standard InChI is InChI=1S/C16H11F3N2O.CH2O2/c17-14-3-1-2-13(15(14)22-16(18)19)11-6-4-10(5-7-11)12-8-20-21-9-12;2-1-3/h1-9,16H,(H,20,21);1H,(H,2,3). The van der Waals surface area contributed by atoms with Gasteiger partial charge < -0.3 is 9.84 Å². The third kappa shape index (κ3) is 4.60. The molecule has 2 N–H and O–H groups in total. The highest BCUT2D eigenvalue weighted by Crippen LogP contribution is 2.34. The highest BCUT2D eigenvalue weighted by atomic mass is 19.3. The van der Waals surface area contributed by atoms with Crippen LogP contribution in [-0.4, -0.2) is 28.4 Å². The Labute approximate surface area is 140 Å². The molecule has 8 heteroatoms. The Kier molecular flexibility index (Phi) is 6.16. The van der Waals surface area contributed by atoms with Gasteiger partial charge >= 0.3 is 6.61 Å². The molecule has 0 aliphatic heterocycles. The number of ether oxygens (including phenoxy) is 1. The molecule has 3 rings (SSSR count). The number of benzene rings is 2. The average molecular weight is 350 g/mol. The van der Waals surface area contributed by atoms with Gasteiger partial charge in [-0.15, -0.1) is 0 Å². The van der Waals surface area contributed by atoms with Crippen molar-refractivity contribution in [2.24, 2.45) is 0 Å². The summed E-state index contributed by atoms with van der Waals surface area (Å²) in [6.07, 6.45) is 3.41. The smallest absolute Gasteiger partial charge is 0.387 e. The van der Waals surface area contributed by atoms with Crippen molar-refractivity contribution >= 4 is 6.47 Å². The van der Waals surface area contributed by atoms with E-state index in [1.807, 2.05) is 0 Å². The molecule has 0 unspecified atom stereocenters. The molecule has 0 atom stereocenters. The molecule has 1 heterocycles. The second-order valence-corrected chi connectivity index (χ2v) is 4.66. The summed E-state index contributed by atoms with van der Waals surface area (Å²) in [6, 6.07) is 11.1. The Morgan fingerprint density at radius 3 is 2.28 bits per heavy atom. The number of rotatable bonds is 4. The van der Waals surface area contributed by atoms with Gasteiger partial charge in [-0.25, -0.2) is 4.39 Å². The average Bonchev–Trinajstić information content (AvgIpc) is 3.12. The van der Waals surface area contributed by atoms with Gasteiger partial charge in [0, 0.05) is 17.3 Å². The van der Waals surface area contributed by atoms with Crippen LogP contribution in [0, 0.1) is 5.82 Å². The maximum Gasteiger partial charge on any atom is 0.387 e. The zero-order valence-electron chi connectivity index (χ0n) is 12.7. The monoisotopic (exact) mass is 350 g/mol. The minimum Gasteiger partial charge on any atom is -0.483 e. The lowest BCUT2D eigenvalue weighted by atomic mass is 10.0. The summed E-state index contributed by atoms with van der Waals surface area (Å²) in [7, 11) is 0. The van der Waals surface area contributed by atoms with Crippen LogP contribution in [0.1, 0.15) is 0 Å². The Bertz CT molecular complexity index is 807. The van der Waals surface area contributed by atoms with Crippen LogP contribution in [0.15, 0.2) is 54.9 Å². The highest BCUT2D eigenvalue weighted by Gasteiger charge is 2.16. The van der Waals surface area contributed by atoms with Crippen LogP contribution in [-0.2, 0) is 4.79 Å². The summed E-state index contributed by atoms with van der Waals surface area (Å²) < 4.78 is 42.9. The summed E-state index contributed by atoms with van der Waals surface area (Å²) in [5.74, 6) is -1.27. The van der Waals surface area contributed by atoms with Crippen molar-refractivity contribution in [3.63, 3.8) is 0 Å². The molecular formula is C17H13F3N2O3. The van der Waals surface area contributed by atoms with Crippen molar-refractivity contribution in [3.05, 3.63) is 60.7 Å². The molecule has 0 spiro atoms. The van der Waals surface area contributed by atoms with Gasteiger partial charge in [0.2, 0.25) is 0 Å². The molecule has 25 heavy (non-hydrogen) atoms. The number of hydrogen-bond acceptors (Lipinski definition) is 3. The molecule has 1 aromatic heterocycles. The van der Waals surface area contributed by atoms with Crippen LogP contribution in [0.4, 0.5) is 13.2 Å². The number of H-pyrrole nitrogens is 1. The van der Waals surface area contributed by atoms with Crippen molar-refractivity contribution < 1.29 is 27.8 Å². The molecule has 0 aliphatic carbocycles.